The van der Waals surface area contributed by atoms with Crippen molar-refractivity contribution in [3.05, 3.63) is 47.5 Å². The topological polar surface area (TPSA) is 41.1 Å². The van der Waals surface area contributed by atoms with E-state index in [4.69, 9.17) is 0 Å². The van der Waals surface area contributed by atoms with Crippen molar-refractivity contribution in [3.63, 3.8) is 0 Å². The summed E-state index contributed by atoms with van der Waals surface area (Å²) in [6, 6.07) is 4.69. The summed E-state index contributed by atoms with van der Waals surface area (Å²) >= 11 is 0. The van der Waals surface area contributed by atoms with Gasteiger partial charge >= 0.3 is 6.18 Å². The summed E-state index contributed by atoms with van der Waals surface area (Å²) in [6.45, 7) is 3.93. The molecule has 0 aliphatic rings. The highest BCUT2D eigenvalue weighted by atomic mass is 19.4. The lowest BCUT2D eigenvalue weighted by atomic mass is 10.1. The first-order chi connectivity index (χ1) is 11.2. The van der Waals surface area contributed by atoms with Crippen molar-refractivity contribution in [2.45, 2.75) is 32.6 Å². The first-order valence-electron chi connectivity index (χ1n) is 7.35. The van der Waals surface area contributed by atoms with Crippen LogP contribution in [0.1, 0.15) is 25.0 Å². The molecule has 0 aliphatic carbocycles. The van der Waals surface area contributed by atoms with E-state index in [1.165, 1.54) is 18.5 Å². The Kier molecular flexibility index (Phi) is 5.26. The average Bonchev–Trinajstić information content (AvgIpc) is 2.52. The van der Waals surface area contributed by atoms with Crippen molar-refractivity contribution in [1.29, 1.82) is 0 Å². The minimum absolute atomic E-state index is 0.0677. The number of anilines is 2. The van der Waals surface area contributed by atoms with E-state index in [1.807, 2.05) is 13.8 Å². The number of aromatic nitrogens is 2. The van der Waals surface area contributed by atoms with E-state index < -0.39 is 17.6 Å². The van der Waals surface area contributed by atoms with Crippen LogP contribution >= 0.6 is 0 Å². The molecular weight excluding hydrogens is 324 g/mol. The number of hydrogen-bond acceptors (Lipinski definition) is 4. The zero-order chi connectivity index (χ0) is 17.9. The molecule has 0 unspecified atom stereocenters. The maximum absolute atomic E-state index is 14.4. The van der Waals surface area contributed by atoms with Gasteiger partial charge in [-0.2, -0.15) is 17.6 Å². The number of nitrogens with one attached hydrogen (secondary N) is 1. The van der Waals surface area contributed by atoms with Gasteiger partial charge in [0.1, 0.15) is 6.33 Å². The van der Waals surface area contributed by atoms with Crippen LogP contribution in [0.5, 0.6) is 0 Å². The molecule has 0 spiro atoms. The second-order valence-corrected chi connectivity index (χ2v) is 5.53. The third-order valence-electron chi connectivity index (χ3n) is 3.54. The van der Waals surface area contributed by atoms with Gasteiger partial charge in [-0.1, -0.05) is 12.1 Å². The van der Waals surface area contributed by atoms with Gasteiger partial charge in [0.05, 0.1) is 5.56 Å². The lowest BCUT2D eigenvalue weighted by Gasteiger charge is -2.28. The van der Waals surface area contributed by atoms with Gasteiger partial charge < -0.3 is 10.2 Å². The fourth-order valence-electron chi connectivity index (χ4n) is 2.23. The van der Waals surface area contributed by atoms with Gasteiger partial charge in [0.15, 0.2) is 11.6 Å². The molecule has 0 aliphatic heterocycles. The van der Waals surface area contributed by atoms with Gasteiger partial charge in [0, 0.05) is 19.6 Å². The Balaban J connectivity index is 2.30. The summed E-state index contributed by atoms with van der Waals surface area (Å²) in [5.74, 6) is -0.428. The summed E-state index contributed by atoms with van der Waals surface area (Å²) in [4.78, 5) is 9.44. The molecule has 4 nitrogen and oxygen atoms in total. The van der Waals surface area contributed by atoms with Gasteiger partial charge in [-0.3, -0.25) is 0 Å². The van der Waals surface area contributed by atoms with Crippen molar-refractivity contribution in [3.8, 4) is 0 Å². The predicted molar refractivity (Wildman–Crippen MR) is 84.3 cm³/mol. The van der Waals surface area contributed by atoms with Gasteiger partial charge in [0.2, 0.25) is 5.82 Å². The Labute approximate surface area is 137 Å². The van der Waals surface area contributed by atoms with Crippen molar-refractivity contribution >= 4 is 11.6 Å². The van der Waals surface area contributed by atoms with E-state index in [0.717, 1.165) is 12.1 Å². The third kappa shape index (κ3) is 3.93. The highest BCUT2D eigenvalue weighted by molar-refractivity contribution is 5.51. The third-order valence-corrected chi connectivity index (χ3v) is 3.54. The van der Waals surface area contributed by atoms with Gasteiger partial charge in [-0.25, -0.2) is 9.97 Å². The van der Waals surface area contributed by atoms with E-state index in [2.05, 4.69) is 15.3 Å². The predicted octanol–water partition coefficient (Wildman–Crippen LogP) is 4.09. The zero-order valence-corrected chi connectivity index (χ0v) is 13.5. The fraction of sp³-hybridized carbons (Fsp3) is 0.375. The summed E-state index contributed by atoms with van der Waals surface area (Å²) < 4.78 is 52.3. The van der Waals surface area contributed by atoms with Crippen LogP contribution in [0.2, 0.25) is 0 Å². The minimum atomic E-state index is -4.38. The van der Waals surface area contributed by atoms with E-state index in [0.29, 0.717) is 5.56 Å². The Morgan fingerprint density at radius 3 is 2.25 bits per heavy atom. The lowest BCUT2D eigenvalue weighted by Crippen LogP contribution is -2.32. The molecule has 1 aromatic heterocycles. The molecular formula is C16H18F4N4. The minimum Gasteiger partial charge on any atom is -0.371 e. The van der Waals surface area contributed by atoms with Crippen LogP contribution in [0.25, 0.3) is 0 Å². The fourth-order valence-corrected chi connectivity index (χ4v) is 2.23. The molecule has 130 valence electrons. The maximum Gasteiger partial charge on any atom is 0.416 e. The molecule has 8 heteroatoms. The molecule has 0 fully saturated rings. The lowest BCUT2D eigenvalue weighted by molar-refractivity contribution is -0.137. The summed E-state index contributed by atoms with van der Waals surface area (Å²) in [5, 5.41) is 2.64. The number of rotatable bonds is 5. The number of halogens is 4. The Bertz CT molecular complexity index is 683. The van der Waals surface area contributed by atoms with E-state index in [1.54, 1.807) is 11.9 Å². The van der Waals surface area contributed by atoms with E-state index in [9.17, 15) is 17.6 Å². The van der Waals surface area contributed by atoms with E-state index >= 15 is 0 Å². The first kappa shape index (κ1) is 18.0. The summed E-state index contributed by atoms with van der Waals surface area (Å²) in [7, 11) is 1.55. The Hall–Kier alpha value is -2.38. The molecule has 0 amide bonds. The van der Waals surface area contributed by atoms with Crippen molar-refractivity contribution < 1.29 is 17.6 Å². The number of hydrogen-bond donors (Lipinski definition) is 1. The van der Waals surface area contributed by atoms with Gasteiger partial charge in [-0.15, -0.1) is 0 Å². The van der Waals surface area contributed by atoms with Crippen LogP contribution in [-0.2, 0) is 12.7 Å². The van der Waals surface area contributed by atoms with Crippen LogP contribution in [0, 0.1) is 5.82 Å². The van der Waals surface area contributed by atoms with Gasteiger partial charge in [0.25, 0.3) is 0 Å². The van der Waals surface area contributed by atoms with Crippen LogP contribution in [0.3, 0.4) is 0 Å². The molecule has 1 N–H and O–H groups in total. The first-order valence-corrected chi connectivity index (χ1v) is 7.35. The quantitative estimate of drug-likeness (QED) is 0.831. The Morgan fingerprint density at radius 1 is 1.12 bits per heavy atom. The maximum atomic E-state index is 14.4. The van der Waals surface area contributed by atoms with E-state index in [-0.39, 0.29) is 24.2 Å². The molecule has 0 atom stereocenters. The average molecular weight is 342 g/mol. The van der Waals surface area contributed by atoms with Crippen LogP contribution < -0.4 is 10.2 Å². The highest BCUT2D eigenvalue weighted by Gasteiger charge is 2.30. The van der Waals surface area contributed by atoms with Crippen molar-refractivity contribution in [1.82, 2.24) is 9.97 Å². The molecule has 1 heterocycles. The number of benzene rings is 1. The molecule has 2 rings (SSSR count). The Morgan fingerprint density at radius 2 is 1.75 bits per heavy atom. The molecule has 0 radical (unpaired) electrons. The van der Waals surface area contributed by atoms with Crippen molar-refractivity contribution in [2.75, 3.05) is 17.3 Å². The standard InChI is InChI=1S/C16H18F4N4/c1-10(2)24(15-13(17)14(21-3)22-9-23-15)8-11-4-6-12(7-5-11)16(18,19)20/h4-7,9-10H,8H2,1-3H3,(H,21,22,23). The van der Waals surface area contributed by atoms with Crippen molar-refractivity contribution in [2.24, 2.45) is 0 Å². The highest BCUT2D eigenvalue weighted by Crippen LogP contribution is 2.30. The molecule has 0 saturated heterocycles. The SMILES string of the molecule is CNc1ncnc(N(Cc2ccc(C(F)(F)F)cc2)C(C)C)c1F. The second-order valence-electron chi connectivity index (χ2n) is 5.53. The molecule has 24 heavy (non-hydrogen) atoms. The van der Waals surface area contributed by atoms with Crippen LogP contribution in [-0.4, -0.2) is 23.1 Å². The van der Waals surface area contributed by atoms with Crippen LogP contribution in [0.4, 0.5) is 29.2 Å². The monoisotopic (exact) mass is 342 g/mol. The second kappa shape index (κ2) is 7.02. The molecule has 0 bridgehead atoms. The molecule has 1 aromatic carbocycles. The smallest absolute Gasteiger partial charge is 0.371 e. The summed E-state index contributed by atoms with van der Waals surface area (Å²) in [5.41, 5.74) is -0.0891. The summed E-state index contributed by atoms with van der Waals surface area (Å²) in [6.07, 6.45) is -3.14. The van der Waals surface area contributed by atoms with Crippen LogP contribution in [0.15, 0.2) is 30.6 Å². The zero-order valence-electron chi connectivity index (χ0n) is 13.5. The number of alkyl halides is 3. The van der Waals surface area contributed by atoms with Gasteiger partial charge in [-0.05, 0) is 31.5 Å². The molecule has 0 saturated carbocycles. The molecule has 2 aromatic rings. The number of nitrogens with zero attached hydrogens (tertiary/aromatic N) is 3. The largest absolute Gasteiger partial charge is 0.416 e. The normalized spacial score (nSPS) is 11.7.